The molecule has 6 heteroatoms. The molecule has 2 aromatic rings. The Bertz CT molecular complexity index is 690. The lowest BCUT2D eigenvalue weighted by Gasteiger charge is -2.18. The summed E-state index contributed by atoms with van der Waals surface area (Å²) in [5.41, 5.74) is 2.40. The third kappa shape index (κ3) is 6.87. The van der Waals surface area contributed by atoms with Crippen LogP contribution in [0.1, 0.15) is 30.0 Å². The molecule has 2 aromatic carbocycles. The summed E-state index contributed by atoms with van der Waals surface area (Å²) in [7, 11) is 5.28. The highest BCUT2D eigenvalue weighted by atomic mass is 35.5. The van der Waals surface area contributed by atoms with Crippen molar-refractivity contribution >= 4 is 30.1 Å². The molecule has 1 N–H and O–H groups in total. The van der Waals surface area contributed by atoms with E-state index in [1.54, 1.807) is 20.2 Å². The van der Waals surface area contributed by atoms with E-state index in [0.717, 1.165) is 29.8 Å². The van der Waals surface area contributed by atoms with Crippen LogP contribution in [0.4, 0.5) is 4.79 Å². The fourth-order valence-corrected chi connectivity index (χ4v) is 2.75. The Labute approximate surface area is 166 Å². The van der Waals surface area contributed by atoms with Crippen molar-refractivity contribution in [2.75, 3.05) is 21.1 Å². The van der Waals surface area contributed by atoms with Gasteiger partial charge >= 0.3 is 6.09 Å². The monoisotopic (exact) mass is 396 g/mol. The van der Waals surface area contributed by atoms with Gasteiger partial charge < -0.3 is 15.0 Å². The van der Waals surface area contributed by atoms with Crippen molar-refractivity contribution in [1.82, 2.24) is 10.2 Å². The van der Waals surface area contributed by atoms with Crippen LogP contribution in [0, 0.1) is 0 Å². The Hall–Kier alpha value is -1.75. The van der Waals surface area contributed by atoms with E-state index in [4.69, 9.17) is 16.3 Å². The molecule has 0 saturated carbocycles. The molecule has 142 valence electrons. The summed E-state index contributed by atoms with van der Waals surface area (Å²) in [5, 5.41) is 4.11. The Morgan fingerprint density at radius 2 is 1.88 bits per heavy atom. The number of amides is 1. The molecule has 4 nitrogen and oxygen atoms in total. The third-order valence-electron chi connectivity index (χ3n) is 4.05. The molecule has 0 spiro atoms. The molecule has 1 unspecified atom stereocenters. The summed E-state index contributed by atoms with van der Waals surface area (Å²) < 4.78 is 5.34. The third-order valence-corrected chi connectivity index (χ3v) is 4.30. The average molecular weight is 397 g/mol. The van der Waals surface area contributed by atoms with Crippen LogP contribution in [0.5, 0.6) is 5.75 Å². The first-order valence-corrected chi connectivity index (χ1v) is 8.78. The van der Waals surface area contributed by atoms with Gasteiger partial charge in [0.1, 0.15) is 5.75 Å². The Kier molecular flexibility index (Phi) is 9.49. The Balaban J connectivity index is 0.00000338. The molecule has 0 radical (unpaired) electrons. The molecule has 0 aliphatic heterocycles. The second-order valence-corrected chi connectivity index (χ2v) is 6.63. The number of rotatable bonds is 7. The molecule has 0 aliphatic rings. The zero-order valence-corrected chi connectivity index (χ0v) is 16.9. The van der Waals surface area contributed by atoms with Gasteiger partial charge in [0.25, 0.3) is 0 Å². The normalized spacial score (nSPS) is 11.4. The highest BCUT2D eigenvalue weighted by Crippen LogP contribution is 2.24. The number of hydrogen-bond acceptors (Lipinski definition) is 3. The van der Waals surface area contributed by atoms with Crippen LogP contribution in [0.3, 0.4) is 0 Å². The highest BCUT2D eigenvalue weighted by Gasteiger charge is 2.12. The first-order valence-electron chi connectivity index (χ1n) is 8.40. The van der Waals surface area contributed by atoms with E-state index in [1.807, 2.05) is 31.3 Å². The van der Waals surface area contributed by atoms with Gasteiger partial charge in [0.2, 0.25) is 0 Å². The van der Waals surface area contributed by atoms with Gasteiger partial charge in [-0.3, -0.25) is 0 Å². The molecule has 1 atom stereocenters. The first kappa shape index (κ1) is 22.3. The minimum absolute atomic E-state index is 0. The zero-order valence-electron chi connectivity index (χ0n) is 15.4. The second kappa shape index (κ2) is 11.1. The fourth-order valence-electron chi connectivity index (χ4n) is 2.63. The van der Waals surface area contributed by atoms with Gasteiger partial charge in [-0.2, -0.15) is 0 Å². The van der Waals surface area contributed by atoms with Crippen LogP contribution >= 0.6 is 24.0 Å². The molecule has 0 heterocycles. The first-order chi connectivity index (χ1) is 12.0. The summed E-state index contributed by atoms with van der Waals surface area (Å²) in [4.78, 5) is 13.1. The van der Waals surface area contributed by atoms with E-state index >= 15 is 0 Å². The molecule has 0 aliphatic carbocycles. The van der Waals surface area contributed by atoms with Gasteiger partial charge in [0, 0.05) is 25.2 Å². The maximum Gasteiger partial charge on any atom is 0.414 e. The van der Waals surface area contributed by atoms with E-state index in [0.29, 0.717) is 5.75 Å². The van der Waals surface area contributed by atoms with Gasteiger partial charge in [-0.1, -0.05) is 35.9 Å². The van der Waals surface area contributed by atoms with Gasteiger partial charge in [-0.05, 0) is 61.7 Å². The van der Waals surface area contributed by atoms with E-state index in [2.05, 4.69) is 23.5 Å². The zero-order chi connectivity index (χ0) is 18.2. The van der Waals surface area contributed by atoms with Crippen molar-refractivity contribution in [3.05, 3.63) is 64.7 Å². The molecule has 2 rings (SSSR count). The maximum absolute atomic E-state index is 11.7. The number of aryl methyl sites for hydroxylation is 1. The summed E-state index contributed by atoms with van der Waals surface area (Å²) in [6.07, 6.45) is 2.67. The van der Waals surface area contributed by atoms with Crippen molar-refractivity contribution < 1.29 is 9.53 Å². The van der Waals surface area contributed by atoms with E-state index < -0.39 is 0 Å². The molecular formula is C20H26Cl2N2O2. The molecule has 1 amide bonds. The van der Waals surface area contributed by atoms with Crippen LogP contribution < -0.4 is 10.1 Å². The number of ether oxygens (including phenoxy) is 1. The van der Waals surface area contributed by atoms with Gasteiger partial charge in [-0.25, -0.2) is 4.79 Å². The predicted molar refractivity (Wildman–Crippen MR) is 110 cm³/mol. The summed E-state index contributed by atoms with van der Waals surface area (Å²) >= 11 is 5.92. The minimum atomic E-state index is -0.374. The maximum atomic E-state index is 11.7. The lowest BCUT2D eigenvalue weighted by Crippen LogP contribution is -2.25. The Morgan fingerprint density at radius 1 is 1.19 bits per heavy atom. The van der Waals surface area contributed by atoms with Crippen molar-refractivity contribution in [1.29, 1.82) is 0 Å². The summed E-state index contributed by atoms with van der Waals surface area (Å²) in [6, 6.07) is 15.9. The van der Waals surface area contributed by atoms with Crippen LogP contribution in [0.15, 0.2) is 48.5 Å². The van der Waals surface area contributed by atoms with Gasteiger partial charge in [0.15, 0.2) is 0 Å². The summed E-state index contributed by atoms with van der Waals surface area (Å²) in [6.45, 7) is 0. The number of nitrogens with zero attached hydrogens (tertiary/aromatic N) is 1. The van der Waals surface area contributed by atoms with Gasteiger partial charge in [-0.15, -0.1) is 12.4 Å². The average Bonchev–Trinajstić information content (AvgIpc) is 2.60. The quantitative estimate of drug-likeness (QED) is 0.706. The lowest BCUT2D eigenvalue weighted by molar-refractivity contribution is 0.172. The lowest BCUT2D eigenvalue weighted by atomic mass is 9.99. The fraction of sp³-hybridized carbons (Fsp3) is 0.350. The predicted octanol–water partition coefficient (Wildman–Crippen LogP) is 5.11. The molecule has 26 heavy (non-hydrogen) atoms. The summed E-state index contributed by atoms with van der Waals surface area (Å²) in [5.74, 6) is 0.564. The van der Waals surface area contributed by atoms with Crippen LogP contribution in [-0.2, 0) is 6.42 Å². The van der Waals surface area contributed by atoms with Crippen molar-refractivity contribution in [3.8, 4) is 5.75 Å². The van der Waals surface area contributed by atoms with Crippen molar-refractivity contribution in [2.45, 2.75) is 25.3 Å². The van der Waals surface area contributed by atoms with E-state index in [1.165, 1.54) is 10.5 Å². The smallest absolute Gasteiger partial charge is 0.410 e. The SMILES string of the molecule is CNC(CCCc1ccc(Cl)cc1)c1cccc(OC(=O)N(C)C)c1.Cl. The minimum Gasteiger partial charge on any atom is -0.410 e. The highest BCUT2D eigenvalue weighted by molar-refractivity contribution is 6.30. The van der Waals surface area contributed by atoms with Gasteiger partial charge in [0.05, 0.1) is 0 Å². The van der Waals surface area contributed by atoms with E-state index in [-0.39, 0.29) is 24.5 Å². The molecule has 0 saturated heterocycles. The largest absolute Gasteiger partial charge is 0.414 e. The van der Waals surface area contributed by atoms with Crippen molar-refractivity contribution in [3.63, 3.8) is 0 Å². The number of nitrogens with one attached hydrogen (secondary N) is 1. The molecule has 0 fully saturated rings. The number of carbonyl (C=O) groups is 1. The molecule has 0 bridgehead atoms. The van der Waals surface area contributed by atoms with Crippen molar-refractivity contribution in [2.24, 2.45) is 0 Å². The molecule has 0 aromatic heterocycles. The number of hydrogen-bond donors (Lipinski definition) is 1. The number of carbonyl (C=O) groups excluding carboxylic acids is 1. The topological polar surface area (TPSA) is 41.6 Å². The standard InChI is InChI=1S/C20H25ClN2O2.ClH/c1-22-19(9-4-6-15-10-12-17(21)13-11-15)16-7-5-8-18(14-16)25-20(24)23(2)3;/h5,7-8,10-14,19,22H,4,6,9H2,1-3H3;1H. The second-order valence-electron chi connectivity index (χ2n) is 6.19. The van der Waals surface area contributed by atoms with Crippen LogP contribution in [-0.4, -0.2) is 32.1 Å². The number of halogens is 2. The number of benzene rings is 2. The Morgan fingerprint density at radius 3 is 2.50 bits per heavy atom. The van der Waals surface area contributed by atoms with Crippen LogP contribution in [0.2, 0.25) is 5.02 Å². The molecular weight excluding hydrogens is 371 g/mol. The van der Waals surface area contributed by atoms with E-state index in [9.17, 15) is 4.79 Å². The van der Waals surface area contributed by atoms with Crippen LogP contribution in [0.25, 0.3) is 0 Å².